The van der Waals surface area contributed by atoms with Crippen LogP contribution < -0.4 is 10.6 Å². The SMILES string of the molecule is Cc1ccccc1CN1CCC(NC(=O)C2(S(C)(=O)=O)CCNCC2)CC1.Cl.Cl. The van der Waals surface area contributed by atoms with E-state index >= 15 is 0 Å². The summed E-state index contributed by atoms with van der Waals surface area (Å²) in [5, 5.41) is 6.21. The highest BCUT2D eigenvalue weighted by Gasteiger charge is 2.49. The summed E-state index contributed by atoms with van der Waals surface area (Å²) in [5.41, 5.74) is 2.64. The second-order valence-corrected chi connectivity index (χ2v) is 10.3. The molecule has 1 amide bonds. The van der Waals surface area contributed by atoms with E-state index in [1.54, 1.807) is 0 Å². The molecule has 166 valence electrons. The second-order valence-electron chi connectivity index (χ2n) is 7.97. The van der Waals surface area contributed by atoms with Gasteiger partial charge in [-0.3, -0.25) is 9.69 Å². The number of nitrogens with one attached hydrogen (secondary N) is 2. The predicted octanol–water partition coefficient (Wildman–Crippen LogP) is 2.09. The van der Waals surface area contributed by atoms with Crippen LogP contribution >= 0.6 is 24.8 Å². The van der Waals surface area contributed by atoms with Crippen molar-refractivity contribution < 1.29 is 13.2 Å². The number of aryl methyl sites for hydroxylation is 1. The fourth-order valence-electron chi connectivity index (χ4n) is 4.18. The number of halogens is 2. The number of hydrogen-bond acceptors (Lipinski definition) is 5. The number of piperidine rings is 2. The third kappa shape index (κ3) is 6.07. The Morgan fingerprint density at radius 1 is 1.17 bits per heavy atom. The maximum Gasteiger partial charge on any atom is 0.241 e. The van der Waals surface area contributed by atoms with Crippen molar-refractivity contribution in [1.29, 1.82) is 0 Å². The van der Waals surface area contributed by atoms with Gasteiger partial charge in [0.05, 0.1) is 0 Å². The van der Waals surface area contributed by atoms with Crippen LogP contribution in [0.1, 0.15) is 36.8 Å². The van der Waals surface area contributed by atoms with E-state index in [2.05, 4.69) is 46.7 Å². The van der Waals surface area contributed by atoms with Gasteiger partial charge >= 0.3 is 0 Å². The van der Waals surface area contributed by atoms with Crippen molar-refractivity contribution in [2.75, 3.05) is 32.4 Å². The van der Waals surface area contributed by atoms with E-state index in [1.165, 1.54) is 17.4 Å². The van der Waals surface area contributed by atoms with E-state index in [4.69, 9.17) is 0 Å². The van der Waals surface area contributed by atoms with Gasteiger partial charge in [0.25, 0.3) is 0 Å². The molecule has 0 unspecified atom stereocenters. The number of amides is 1. The highest BCUT2D eigenvalue weighted by atomic mass is 35.5. The molecule has 0 spiro atoms. The largest absolute Gasteiger partial charge is 0.352 e. The summed E-state index contributed by atoms with van der Waals surface area (Å²) in [4.78, 5) is 15.3. The van der Waals surface area contributed by atoms with E-state index in [1.807, 2.05) is 0 Å². The van der Waals surface area contributed by atoms with Crippen LogP contribution in [0.25, 0.3) is 0 Å². The van der Waals surface area contributed by atoms with E-state index < -0.39 is 14.6 Å². The Bertz CT molecular complexity index is 775. The molecule has 3 rings (SSSR count). The highest BCUT2D eigenvalue weighted by molar-refractivity contribution is 7.92. The van der Waals surface area contributed by atoms with Crippen LogP contribution in [0.3, 0.4) is 0 Å². The zero-order valence-electron chi connectivity index (χ0n) is 17.1. The van der Waals surface area contributed by atoms with E-state index in [0.717, 1.165) is 32.5 Å². The van der Waals surface area contributed by atoms with E-state index in [9.17, 15) is 13.2 Å². The lowest BCUT2D eigenvalue weighted by Crippen LogP contribution is -2.59. The van der Waals surface area contributed by atoms with Crippen molar-refractivity contribution >= 4 is 40.6 Å². The van der Waals surface area contributed by atoms with Crippen molar-refractivity contribution in [3.8, 4) is 0 Å². The zero-order chi connectivity index (χ0) is 19.5. The number of likely N-dealkylation sites (tertiary alicyclic amines) is 1. The molecule has 6 nitrogen and oxygen atoms in total. The monoisotopic (exact) mass is 465 g/mol. The number of carbonyl (C=O) groups excluding carboxylic acids is 1. The third-order valence-corrected chi connectivity index (χ3v) is 8.13. The summed E-state index contributed by atoms with van der Waals surface area (Å²) in [7, 11) is -3.46. The normalized spacial score (nSPS) is 20.2. The van der Waals surface area contributed by atoms with Crippen molar-refractivity contribution in [1.82, 2.24) is 15.5 Å². The van der Waals surface area contributed by atoms with Crippen LogP contribution in [0.4, 0.5) is 0 Å². The average molecular weight is 466 g/mol. The van der Waals surface area contributed by atoms with Crippen molar-refractivity contribution in [2.45, 2.75) is 49.9 Å². The first-order valence-electron chi connectivity index (χ1n) is 9.80. The summed E-state index contributed by atoms with van der Waals surface area (Å²) in [6.07, 6.45) is 3.61. The van der Waals surface area contributed by atoms with Crippen LogP contribution in [0.2, 0.25) is 0 Å². The first-order valence-corrected chi connectivity index (χ1v) is 11.7. The van der Waals surface area contributed by atoms with Gasteiger partial charge < -0.3 is 10.6 Å². The standard InChI is InChI=1S/C20H31N3O3S.2ClH/c1-16-5-3-4-6-17(16)15-23-13-7-18(8-14-23)22-19(24)20(27(2,25)26)9-11-21-12-10-20;;/h3-6,18,21H,7-15H2,1-2H3,(H,22,24);2*1H. The fraction of sp³-hybridized carbons (Fsp3) is 0.650. The lowest BCUT2D eigenvalue weighted by atomic mass is 9.94. The lowest BCUT2D eigenvalue weighted by Gasteiger charge is -2.38. The number of carbonyl (C=O) groups is 1. The summed E-state index contributed by atoms with van der Waals surface area (Å²) in [6, 6.07) is 8.47. The van der Waals surface area contributed by atoms with Gasteiger partial charge in [0, 0.05) is 31.9 Å². The number of sulfone groups is 1. The first kappa shape index (κ1) is 26.2. The van der Waals surface area contributed by atoms with Gasteiger partial charge in [-0.15, -0.1) is 24.8 Å². The highest BCUT2D eigenvalue weighted by Crippen LogP contribution is 2.28. The predicted molar refractivity (Wildman–Crippen MR) is 122 cm³/mol. The molecular weight excluding hydrogens is 433 g/mol. The molecule has 1 aromatic carbocycles. The van der Waals surface area contributed by atoms with E-state index in [0.29, 0.717) is 25.9 Å². The number of benzene rings is 1. The molecule has 0 radical (unpaired) electrons. The molecule has 2 fully saturated rings. The van der Waals surface area contributed by atoms with Crippen LogP contribution in [0, 0.1) is 6.92 Å². The molecule has 1 aromatic rings. The summed E-state index contributed by atoms with van der Waals surface area (Å²) < 4.78 is 23.5. The molecule has 2 aliphatic rings. The smallest absolute Gasteiger partial charge is 0.241 e. The molecule has 0 saturated carbocycles. The van der Waals surface area contributed by atoms with Crippen LogP contribution in [-0.2, 0) is 21.2 Å². The van der Waals surface area contributed by atoms with Gasteiger partial charge in [0.2, 0.25) is 5.91 Å². The Kier molecular flexibility index (Phi) is 9.89. The fourth-order valence-corrected chi connectivity index (χ4v) is 5.52. The first-order chi connectivity index (χ1) is 12.8. The minimum atomic E-state index is -3.46. The van der Waals surface area contributed by atoms with Crippen LogP contribution in [-0.4, -0.2) is 62.4 Å². The summed E-state index contributed by atoms with van der Waals surface area (Å²) >= 11 is 0. The van der Waals surface area contributed by atoms with Crippen LogP contribution in [0.15, 0.2) is 24.3 Å². The van der Waals surface area contributed by atoms with E-state index in [-0.39, 0.29) is 36.8 Å². The zero-order valence-corrected chi connectivity index (χ0v) is 19.6. The molecule has 2 heterocycles. The average Bonchev–Trinajstić information content (AvgIpc) is 2.65. The number of rotatable bonds is 5. The van der Waals surface area contributed by atoms with Gasteiger partial charge in [-0.05, 0) is 56.8 Å². The Balaban J connectivity index is 0.00000210. The van der Waals surface area contributed by atoms with Crippen molar-refractivity contribution in [3.05, 3.63) is 35.4 Å². The Morgan fingerprint density at radius 2 is 1.76 bits per heavy atom. The molecule has 9 heteroatoms. The Morgan fingerprint density at radius 3 is 2.31 bits per heavy atom. The second kappa shape index (κ2) is 11.0. The lowest BCUT2D eigenvalue weighted by molar-refractivity contribution is -0.125. The number of nitrogens with zero attached hydrogens (tertiary/aromatic N) is 1. The van der Waals surface area contributed by atoms with Crippen molar-refractivity contribution in [3.63, 3.8) is 0 Å². The number of hydrogen-bond donors (Lipinski definition) is 2. The van der Waals surface area contributed by atoms with Gasteiger partial charge in [-0.2, -0.15) is 0 Å². The van der Waals surface area contributed by atoms with Gasteiger partial charge in [-0.1, -0.05) is 24.3 Å². The summed E-state index contributed by atoms with van der Waals surface area (Å²) in [5.74, 6) is -0.302. The molecule has 29 heavy (non-hydrogen) atoms. The van der Waals surface area contributed by atoms with Gasteiger partial charge in [-0.25, -0.2) is 8.42 Å². The molecule has 2 saturated heterocycles. The van der Waals surface area contributed by atoms with Gasteiger partial charge in [0.15, 0.2) is 14.6 Å². The molecule has 0 aliphatic carbocycles. The maximum atomic E-state index is 12.9. The molecule has 2 aliphatic heterocycles. The third-order valence-electron chi connectivity index (χ3n) is 6.11. The van der Waals surface area contributed by atoms with Crippen molar-refractivity contribution in [2.24, 2.45) is 0 Å². The molecular formula is C20H33Cl2N3O3S. The summed E-state index contributed by atoms with van der Waals surface area (Å²) in [6.45, 7) is 6.00. The Hall–Kier alpha value is -0.860. The molecule has 0 bridgehead atoms. The maximum absolute atomic E-state index is 12.9. The quantitative estimate of drug-likeness (QED) is 0.695. The molecule has 2 N–H and O–H groups in total. The topological polar surface area (TPSA) is 78.5 Å². The minimum absolute atomic E-state index is 0. The van der Waals surface area contributed by atoms with Gasteiger partial charge in [0.1, 0.15) is 0 Å². The minimum Gasteiger partial charge on any atom is -0.352 e. The molecule has 0 atom stereocenters. The Labute approximate surface area is 186 Å². The molecule has 0 aromatic heterocycles. The van der Waals surface area contributed by atoms with Crippen LogP contribution in [0.5, 0.6) is 0 Å².